The quantitative estimate of drug-likeness (QED) is 0.834. The molecule has 0 saturated heterocycles. The first-order valence-corrected chi connectivity index (χ1v) is 5.68. The van der Waals surface area contributed by atoms with Crippen LogP contribution in [0.3, 0.4) is 0 Å². The van der Waals surface area contributed by atoms with Gasteiger partial charge in [-0.3, -0.25) is 9.67 Å². The van der Waals surface area contributed by atoms with Crippen LogP contribution >= 0.6 is 12.2 Å². The molecule has 0 fully saturated rings. The Balaban J connectivity index is 2.54. The molecule has 5 nitrogen and oxygen atoms in total. The van der Waals surface area contributed by atoms with E-state index in [4.69, 9.17) is 17.0 Å². The Morgan fingerprint density at radius 2 is 2.33 bits per heavy atom. The molecule has 0 bridgehead atoms. The third-order valence-corrected chi connectivity index (χ3v) is 2.80. The molecule has 0 saturated carbocycles. The van der Waals surface area contributed by atoms with Crippen LogP contribution in [0.4, 0.5) is 4.39 Å². The SMILES string of the molecule is COCCn1c(-c2c(O)cccc2F)n[nH]c1=S. The van der Waals surface area contributed by atoms with Gasteiger partial charge < -0.3 is 9.84 Å². The molecule has 1 aromatic heterocycles. The number of benzene rings is 1. The maximum atomic E-state index is 13.8. The molecule has 2 aromatic rings. The van der Waals surface area contributed by atoms with Crippen molar-refractivity contribution < 1.29 is 14.2 Å². The number of aromatic amines is 1. The van der Waals surface area contributed by atoms with Crippen molar-refractivity contribution in [3.05, 3.63) is 28.8 Å². The fourth-order valence-electron chi connectivity index (χ4n) is 1.63. The van der Waals surface area contributed by atoms with Crippen LogP contribution < -0.4 is 0 Å². The van der Waals surface area contributed by atoms with E-state index in [-0.39, 0.29) is 17.1 Å². The van der Waals surface area contributed by atoms with E-state index in [2.05, 4.69) is 10.2 Å². The first-order chi connectivity index (χ1) is 8.65. The molecule has 7 heteroatoms. The van der Waals surface area contributed by atoms with Gasteiger partial charge in [0.25, 0.3) is 0 Å². The van der Waals surface area contributed by atoms with Crippen LogP contribution in [0.25, 0.3) is 11.4 Å². The van der Waals surface area contributed by atoms with E-state index in [1.165, 1.54) is 18.2 Å². The van der Waals surface area contributed by atoms with Crippen LogP contribution in [0.2, 0.25) is 0 Å². The lowest BCUT2D eigenvalue weighted by molar-refractivity contribution is 0.187. The Kier molecular flexibility index (Phi) is 3.73. The number of H-pyrrole nitrogens is 1. The van der Waals surface area contributed by atoms with Gasteiger partial charge in [-0.25, -0.2) is 4.39 Å². The number of hydrogen-bond donors (Lipinski definition) is 2. The van der Waals surface area contributed by atoms with Crippen molar-refractivity contribution in [3.8, 4) is 17.1 Å². The third-order valence-electron chi connectivity index (χ3n) is 2.49. The van der Waals surface area contributed by atoms with Gasteiger partial charge in [0.15, 0.2) is 10.6 Å². The molecule has 0 spiro atoms. The number of aromatic nitrogens is 3. The number of phenolic OH excluding ortho intramolecular Hbond substituents is 1. The molecule has 2 rings (SSSR count). The predicted molar refractivity (Wildman–Crippen MR) is 66.3 cm³/mol. The molecule has 18 heavy (non-hydrogen) atoms. The van der Waals surface area contributed by atoms with Crippen molar-refractivity contribution in [2.75, 3.05) is 13.7 Å². The molecule has 0 unspecified atom stereocenters. The van der Waals surface area contributed by atoms with Crippen LogP contribution in [0.5, 0.6) is 5.75 Å². The summed E-state index contributed by atoms with van der Waals surface area (Å²) in [5.74, 6) is -0.474. The van der Waals surface area contributed by atoms with E-state index in [9.17, 15) is 9.50 Å². The number of ether oxygens (including phenoxy) is 1. The summed E-state index contributed by atoms with van der Waals surface area (Å²) in [6.45, 7) is 0.838. The van der Waals surface area contributed by atoms with E-state index in [1.54, 1.807) is 11.7 Å². The summed E-state index contributed by atoms with van der Waals surface area (Å²) in [6, 6.07) is 4.08. The zero-order valence-corrected chi connectivity index (χ0v) is 10.5. The Hall–Kier alpha value is -1.73. The van der Waals surface area contributed by atoms with Crippen LogP contribution in [0, 0.1) is 10.6 Å². The normalized spacial score (nSPS) is 10.8. The van der Waals surface area contributed by atoms with Gasteiger partial charge in [-0.05, 0) is 24.4 Å². The lowest BCUT2D eigenvalue weighted by Gasteiger charge is -2.08. The van der Waals surface area contributed by atoms with Crippen LogP contribution in [0.15, 0.2) is 18.2 Å². The number of nitrogens with zero attached hydrogens (tertiary/aromatic N) is 2. The molecular formula is C11H12FN3O2S. The number of phenols is 1. The highest BCUT2D eigenvalue weighted by Gasteiger charge is 2.17. The second kappa shape index (κ2) is 5.28. The number of aromatic hydroxyl groups is 1. The molecule has 0 aliphatic heterocycles. The second-order valence-electron chi connectivity index (χ2n) is 3.63. The van der Waals surface area contributed by atoms with Gasteiger partial charge >= 0.3 is 0 Å². The van der Waals surface area contributed by atoms with Gasteiger partial charge in [-0.2, -0.15) is 5.10 Å². The third kappa shape index (κ3) is 2.27. The standard InChI is InChI=1S/C11H12FN3O2S/c1-17-6-5-15-10(13-14-11(15)18)9-7(12)3-2-4-8(9)16/h2-4,16H,5-6H2,1H3,(H,14,18). The Labute approximate surface area is 108 Å². The van der Waals surface area contributed by atoms with Gasteiger partial charge in [-0.15, -0.1) is 0 Å². The first kappa shape index (κ1) is 12.7. The minimum atomic E-state index is -0.553. The minimum absolute atomic E-state index is 0.0287. The largest absolute Gasteiger partial charge is 0.507 e. The Bertz CT molecular complexity index is 588. The summed E-state index contributed by atoms with van der Waals surface area (Å²) in [6.07, 6.45) is 0. The Morgan fingerprint density at radius 1 is 1.56 bits per heavy atom. The van der Waals surface area contributed by atoms with E-state index in [1.807, 2.05) is 0 Å². The highest BCUT2D eigenvalue weighted by Crippen LogP contribution is 2.30. The molecule has 0 amide bonds. The number of halogens is 1. The second-order valence-corrected chi connectivity index (χ2v) is 4.02. The topological polar surface area (TPSA) is 63.1 Å². The maximum absolute atomic E-state index is 13.8. The monoisotopic (exact) mass is 269 g/mol. The van der Waals surface area contributed by atoms with Gasteiger partial charge in [0.05, 0.1) is 18.7 Å². The summed E-state index contributed by atoms with van der Waals surface area (Å²) >= 11 is 5.06. The van der Waals surface area contributed by atoms with E-state index in [0.29, 0.717) is 17.9 Å². The van der Waals surface area contributed by atoms with Crippen molar-refractivity contribution in [1.29, 1.82) is 0 Å². The number of methoxy groups -OCH3 is 1. The molecular weight excluding hydrogens is 257 g/mol. The summed E-state index contributed by atoms with van der Waals surface area (Å²) in [4.78, 5) is 0. The summed E-state index contributed by atoms with van der Waals surface area (Å²) < 4.78 is 20.6. The zero-order valence-electron chi connectivity index (χ0n) is 9.68. The zero-order chi connectivity index (χ0) is 13.1. The maximum Gasteiger partial charge on any atom is 0.195 e. The van der Waals surface area contributed by atoms with Crippen molar-refractivity contribution in [3.63, 3.8) is 0 Å². The van der Waals surface area contributed by atoms with Crippen molar-refractivity contribution in [1.82, 2.24) is 14.8 Å². The average molecular weight is 269 g/mol. The van der Waals surface area contributed by atoms with E-state index in [0.717, 1.165) is 0 Å². The lowest BCUT2D eigenvalue weighted by Crippen LogP contribution is -2.07. The van der Waals surface area contributed by atoms with Crippen molar-refractivity contribution in [2.45, 2.75) is 6.54 Å². The molecule has 1 heterocycles. The number of hydrogen-bond acceptors (Lipinski definition) is 4. The molecule has 0 atom stereocenters. The van der Waals surface area contributed by atoms with Gasteiger partial charge in [0.2, 0.25) is 0 Å². The highest BCUT2D eigenvalue weighted by molar-refractivity contribution is 7.71. The fourth-order valence-corrected chi connectivity index (χ4v) is 1.86. The predicted octanol–water partition coefficient (Wildman–Crippen LogP) is 2.10. The summed E-state index contributed by atoms with van der Waals surface area (Å²) in [5, 5.41) is 16.3. The highest BCUT2D eigenvalue weighted by atomic mass is 32.1. The molecule has 0 radical (unpaired) electrons. The number of nitrogens with one attached hydrogen (secondary N) is 1. The molecule has 0 aliphatic carbocycles. The number of rotatable bonds is 4. The summed E-state index contributed by atoms with van der Waals surface area (Å²) in [5.41, 5.74) is 0.0287. The summed E-state index contributed by atoms with van der Waals surface area (Å²) in [7, 11) is 1.56. The van der Waals surface area contributed by atoms with E-state index < -0.39 is 5.82 Å². The van der Waals surface area contributed by atoms with Gasteiger partial charge in [-0.1, -0.05) is 6.07 Å². The van der Waals surface area contributed by atoms with Crippen LogP contribution in [-0.2, 0) is 11.3 Å². The van der Waals surface area contributed by atoms with Gasteiger partial charge in [0.1, 0.15) is 11.6 Å². The average Bonchev–Trinajstić information content (AvgIpc) is 2.68. The smallest absolute Gasteiger partial charge is 0.195 e. The van der Waals surface area contributed by atoms with Crippen LogP contribution in [-0.4, -0.2) is 33.6 Å². The molecule has 1 aromatic carbocycles. The fraction of sp³-hybridized carbons (Fsp3) is 0.273. The molecule has 96 valence electrons. The van der Waals surface area contributed by atoms with Gasteiger partial charge in [0, 0.05) is 7.11 Å². The molecule has 2 N–H and O–H groups in total. The van der Waals surface area contributed by atoms with Crippen molar-refractivity contribution in [2.24, 2.45) is 0 Å². The first-order valence-electron chi connectivity index (χ1n) is 5.27. The molecule has 0 aliphatic rings. The minimum Gasteiger partial charge on any atom is -0.507 e. The van der Waals surface area contributed by atoms with Crippen molar-refractivity contribution >= 4 is 12.2 Å². The van der Waals surface area contributed by atoms with E-state index >= 15 is 0 Å². The van der Waals surface area contributed by atoms with Crippen LogP contribution in [0.1, 0.15) is 0 Å². The lowest BCUT2D eigenvalue weighted by atomic mass is 10.1. The Morgan fingerprint density at radius 3 is 3.00 bits per heavy atom.